The molecular formula is C23H36O6. The summed E-state index contributed by atoms with van der Waals surface area (Å²) in [5, 5.41) is 45.1. The van der Waals surface area contributed by atoms with Crippen molar-refractivity contribution in [2.75, 3.05) is 0 Å². The molecule has 9 atom stereocenters. The average molecular weight is 409 g/mol. The Labute approximate surface area is 173 Å². The van der Waals surface area contributed by atoms with Crippen molar-refractivity contribution in [2.45, 2.75) is 95.7 Å². The van der Waals surface area contributed by atoms with Crippen LogP contribution in [0.1, 0.15) is 66.2 Å². The van der Waals surface area contributed by atoms with Crippen LogP contribution in [0.3, 0.4) is 0 Å². The number of carbonyl (C=O) groups is 1. The van der Waals surface area contributed by atoms with Gasteiger partial charge in [0.05, 0.1) is 17.8 Å². The summed E-state index contributed by atoms with van der Waals surface area (Å²) >= 11 is 0. The van der Waals surface area contributed by atoms with E-state index in [9.17, 15) is 25.2 Å². The summed E-state index contributed by atoms with van der Waals surface area (Å²) in [7, 11) is 0. The zero-order valence-electron chi connectivity index (χ0n) is 18.0. The third-order valence-electron chi connectivity index (χ3n) is 9.26. The molecule has 4 aliphatic rings. The first-order chi connectivity index (χ1) is 13.3. The Morgan fingerprint density at radius 1 is 1.14 bits per heavy atom. The summed E-state index contributed by atoms with van der Waals surface area (Å²) < 4.78 is 5.92. The number of carbonyl (C=O) groups excluding carboxylic acids is 1. The van der Waals surface area contributed by atoms with Crippen LogP contribution in [-0.2, 0) is 9.53 Å². The molecule has 4 N–H and O–H groups in total. The first-order valence-corrected chi connectivity index (χ1v) is 11.0. The third kappa shape index (κ3) is 2.52. The van der Waals surface area contributed by atoms with Crippen LogP contribution in [0.2, 0.25) is 0 Å². The fraction of sp³-hybridized carbons (Fsp3) is 0.870. The Kier molecular flexibility index (Phi) is 4.61. The quantitative estimate of drug-likeness (QED) is 0.411. The van der Waals surface area contributed by atoms with Gasteiger partial charge in [0.2, 0.25) is 0 Å². The van der Waals surface area contributed by atoms with E-state index in [1.54, 1.807) is 27.7 Å². The predicted molar refractivity (Wildman–Crippen MR) is 107 cm³/mol. The molecule has 4 saturated carbocycles. The molecule has 0 saturated heterocycles. The maximum absolute atomic E-state index is 12.3. The molecular weight excluding hydrogens is 372 g/mol. The van der Waals surface area contributed by atoms with E-state index in [2.05, 4.69) is 6.58 Å². The smallest absolute Gasteiger partial charge is 0.305 e. The van der Waals surface area contributed by atoms with E-state index in [-0.39, 0.29) is 30.6 Å². The fourth-order valence-corrected chi connectivity index (χ4v) is 7.62. The molecule has 0 aromatic carbocycles. The standard InChI is InChI=1S/C23H36O6/c1-6-18(26)29-19-14-8-7-13-12(2)15-9-16(24)20(3,4)23(15,28)17(25)10-22(13,19)11-21(14,5)27/h13-17,19,24-25,27-28H,2,6-11H2,1,3-5H3/t13-,14+,15-,16-,17+,19+,21+,22-,23-/m0/s1. The summed E-state index contributed by atoms with van der Waals surface area (Å²) in [5.74, 6) is -1.02. The molecule has 0 heterocycles. The molecule has 29 heavy (non-hydrogen) atoms. The lowest BCUT2D eigenvalue weighted by Gasteiger charge is -2.47. The van der Waals surface area contributed by atoms with Gasteiger partial charge in [-0.3, -0.25) is 4.79 Å². The third-order valence-corrected chi connectivity index (χ3v) is 9.26. The molecule has 0 amide bonds. The van der Waals surface area contributed by atoms with Crippen molar-refractivity contribution in [3.63, 3.8) is 0 Å². The Hall–Kier alpha value is -0.950. The lowest BCUT2D eigenvalue weighted by atomic mass is 9.61. The zero-order chi connectivity index (χ0) is 21.6. The Morgan fingerprint density at radius 3 is 2.41 bits per heavy atom. The van der Waals surface area contributed by atoms with E-state index in [4.69, 9.17) is 4.74 Å². The largest absolute Gasteiger partial charge is 0.461 e. The molecule has 4 rings (SSSR count). The van der Waals surface area contributed by atoms with E-state index in [1.807, 2.05) is 0 Å². The number of rotatable bonds is 2. The highest BCUT2D eigenvalue weighted by Gasteiger charge is 2.73. The van der Waals surface area contributed by atoms with E-state index in [0.717, 1.165) is 12.0 Å². The van der Waals surface area contributed by atoms with Crippen LogP contribution in [0.15, 0.2) is 12.2 Å². The van der Waals surface area contributed by atoms with E-state index >= 15 is 0 Å². The van der Waals surface area contributed by atoms with Crippen LogP contribution in [-0.4, -0.2) is 55.9 Å². The van der Waals surface area contributed by atoms with Crippen molar-refractivity contribution < 1.29 is 30.0 Å². The van der Waals surface area contributed by atoms with Crippen LogP contribution in [0.25, 0.3) is 0 Å². The van der Waals surface area contributed by atoms with Gasteiger partial charge in [0.1, 0.15) is 11.7 Å². The molecule has 6 heteroatoms. The number of hydrogen-bond donors (Lipinski definition) is 4. The predicted octanol–water partition coefficient (Wildman–Crippen LogP) is 1.93. The summed E-state index contributed by atoms with van der Waals surface area (Å²) in [4.78, 5) is 12.3. The minimum atomic E-state index is -1.52. The first-order valence-electron chi connectivity index (χ1n) is 11.0. The highest BCUT2D eigenvalue weighted by molar-refractivity contribution is 5.69. The number of ether oxygens (including phenoxy) is 1. The summed E-state index contributed by atoms with van der Waals surface area (Å²) in [6.07, 6.45) is 0.333. The first kappa shape index (κ1) is 21.3. The molecule has 0 aromatic heterocycles. The van der Waals surface area contributed by atoms with Gasteiger partial charge in [-0.05, 0) is 44.9 Å². The van der Waals surface area contributed by atoms with Gasteiger partial charge >= 0.3 is 5.97 Å². The molecule has 2 bridgehead atoms. The van der Waals surface area contributed by atoms with Crippen molar-refractivity contribution in [1.82, 2.24) is 0 Å². The van der Waals surface area contributed by atoms with Gasteiger partial charge in [0.15, 0.2) is 0 Å². The summed E-state index contributed by atoms with van der Waals surface area (Å²) in [6.45, 7) is 11.5. The molecule has 164 valence electrons. The highest BCUT2D eigenvalue weighted by Crippen LogP contribution is 2.69. The van der Waals surface area contributed by atoms with Gasteiger partial charge in [-0.2, -0.15) is 0 Å². The number of esters is 1. The molecule has 6 nitrogen and oxygen atoms in total. The van der Waals surface area contributed by atoms with Gasteiger partial charge in [0.25, 0.3) is 0 Å². The van der Waals surface area contributed by atoms with Crippen LogP contribution in [0.5, 0.6) is 0 Å². The molecule has 4 aliphatic carbocycles. The van der Waals surface area contributed by atoms with Gasteiger partial charge in [-0.25, -0.2) is 0 Å². The lowest BCUT2D eigenvalue weighted by molar-refractivity contribution is -0.182. The second-order valence-electron chi connectivity index (χ2n) is 10.9. The summed E-state index contributed by atoms with van der Waals surface area (Å²) in [5.41, 5.74) is -3.26. The second kappa shape index (κ2) is 6.28. The molecule has 0 unspecified atom stereocenters. The minimum absolute atomic E-state index is 0.0860. The van der Waals surface area contributed by atoms with Crippen LogP contribution < -0.4 is 0 Å². The average Bonchev–Trinajstić information content (AvgIpc) is 2.86. The van der Waals surface area contributed by atoms with Crippen LogP contribution >= 0.6 is 0 Å². The Morgan fingerprint density at radius 2 is 1.79 bits per heavy atom. The fourth-order valence-electron chi connectivity index (χ4n) is 7.62. The van der Waals surface area contributed by atoms with Crippen molar-refractivity contribution in [3.05, 3.63) is 12.2 Å². The number of hydrogen-bond acceptors (Lipinski definition) is 6. The van der Waals surface area contributed by atoms with E-state index < -0.39 is 46.3 Å². The Bertz CT molecular complexity index is 729. The van der Waals surface area contributed by atoms with Gasteiger partial charge < -0.3 is 25.2 Å². The number of aliphatic hydroxyl groups excluding tert-OH is 2. The van der Waals surface area contributed by atoms with Gasteiger partial charge in [-0.15, -0.1) is 0 Å². The molecule has 1 spiro atoms. The van der Waals surface area contributed by atoms with Crippen molar-refractivity contribution in [2.24, 2.45) is 28.6 Å². The molecule has 0 aliphatic heterocycles. The van der Waals surface area contributed by atoms with Crippen molar-refractivity contribution in [1.29, 1.82) is 0 Å². The Balaban J connectivity index is 1.84. The minimum Gasteiger partial charge on any atom is -0.461 e. The molecule has 4 fully saturated rings. The van der Waals surface area contributed by atoms with Crippen LogP contribution in [0.4, 0.5) is 0 Å². The number of aliphatic hydroxyl groups is 4. The SMILES string of the molecule is C=C1[C@@H]2CC[C@@H]3[C@@H](OC(=O)CC)[C@@]2(C[C@@H](O)[C@@]2(O)[C@H]1C[C@H](O)C2(C)C)C[C@@]3(C)O. The zero-order valence-corrected chi connectivity index (χ0v) is 18.0. The van der Waals surface area contributed by atoms with Gasteiger partial charge in [-0.1, -0.05) is 32.9 Å². The molecule has 0 radical (unpaired) electrons. The normalized spacial score (nSPS) is 53.2. The van der Waals surface area contributed by atoms with Crippen molar-refractivity contribution >= 4 is 5.97 Å². The molecule has 0 aromatic rings. The lowest BCUT2D eigenvalue weighted by Crippen LogP contribution is -2.57. The van der Waals surface area contributed by atoms with Crippen LogP contribution in [0, 0.1) is 28.6 Å². The monoisotopic (exact) mass is 408 g/mol. The maximum Gasteiger partial charge on any atom is 0.305 e. The highest BCUT2D eigenvalue weighted by atomic mass is 16.5. The van der Waals surface area contributed by atoms with E-state index in [1.165, 1.54) is 0 Å². The summed E-state index contributed by atoms with van der Waals surface area (Å²) in [6, 6.07) is 0. The topological polar surface area (TPSA) is 107 Å². The maximum atomic E-state index is 12.3. The van der Waals surface area contributed by atoms with E-state index in [0.29, 0.717) is 19.3 Å². The van der Waals surface area contributed by atoms with Gasteiger partial charge in [0, 0.05) is 29.1 Å². The van der Waals surface area contributed by atoms with Crippen molar-refractivity contribution in [3.8, 4) is 0 Å². The second-order valence-corrected chi connectivity index (χ2v) is 10.9. The number of fused-ring (bicyclic) bond motifs is 2.